The van der Waals surface area contributed by atoms with Crippen LogP contribution in [0.3, 0.4) is 0 Å². The van der Waals surface area contributed by atoms with E-state index in [1.54, 1.807) is 44.3 Å². The third-order valence-electron chi connectivity index (χ3n) is 4.20. The Hall–Kier alpha value is -3.74. The third-order valence-corrected chi connectivity index (χ3v) is 4.20. The molecule has 0 saturated heterocycles. The average molecular weight is 392 g/mol. The number of aryl methyl sites for hydroxylation is 2. The molecule has 3 aromatic rings. The van der Waals surface area contributed by atoms with Crippen LogP contribution in [0.2, 0.25) is 0 Å². The Balaban J connectivity index is 2.15. The summed E-state index contributed by atoms with van der Waals surface area (Å²) < 4.78 is 10.6. The second-order valence-corrected chi connectivity index (χ2v) is 6.57. The van der Waals surface area contributed by atoms with E-state index in [2.05, 4.69) is 10.3 Å². The summed E-state index contributed by atoms with van der Waals surface area (Å²) in [6.07, 6.45) is 1.63. The van der Waals surface area contributed by atoms with Crippen molar-refractivity contribution in [2.45, 2.75) is 27.7 Å². The molecule has 0 spiro atoms. The van der Waals surface area contributed by atoms with E-state index >= 15 is 0 Å². The Labute approximate surface area is 167 Å². The van der Waals surface area contributed by atoms with Crippen LogP contribution in [0.15, 0.2) is 42.6 Å². The van der Waals surface area contributed by atoms with Gasteiger partial charge in [-0.15, -0.1) is 0 Å². The first-order valence-electron chi connectivity index (χ1n) is 8.94. The van der Waals surface area contributed by atoms with Gasteiger partial charge in [-0.05, 0) is 43.2 Å². The van der Waals surface area contributed by atoms with Gasteiger partial charge >= 0.3 is 11.9 Å². The van der Waals surface area contributed by atoms with Gasteiger partial charge < -0.3 is 14.8 Å². The molecule has 1 N–H and O–H groups in total. The maximum absolute atomic E-state index is 13.2. The van der Waals surface area contributed by atoms with Crippen LogP contribution in [-0.4, -0.2) is 22.8 Å². The normalized spacial score (nSPS) is 10.5. The summed E-state index contributed by atoms with van der Waals surface area (Å²) in [4.78, 5) is 40.8. The summed E-state index contributed by atoms with van der Waals surface area (Å²) >= 11 is 0. The molecule has 7 nitrogen and oxygen atoms in total. The van der Waals surface area contributed by atoms with Crippen LogP contribution in [0.1, 0.15) is 35.3 Å². The van der Waals surface area contributed by atoms with E-state index in [-0.39, 0.29) is 17.1 Å². The number of rotatable bonds is 4. The summed E-state index contributed by atoms with van der Waals surface area (Å²) in [5, 5.41) is 3.65. The predicted molar refractivity (Wildman–Crippen MR) is 108 cm³/mol. The van der Waals surface area contributed by atoms with Crippen LogP contribution in [0.4, 0.5) is 5.69 Å². The van der Waals surface area contributed by atoms with Crippen molar-refractivity contribution in [2.75, 3.05) is 5.32 Å². The highest BCUT2D eigenvalue weighted by Gasteiger charge is 2.26. The van der Waals surface area contributed by atoms with Crippen molar-refractivity contribution in [1.29, 1.82) is 0 Å². The van der Waals surface area contributed by atoms with Crippen molar-refractivity contribution in [3.8, 4) is 11.5 Å². The van der Waals surface area contributed by atoms with Crippen LogP contribution >= 0.6 is 0 Å². The zero-order valence-corrected chi connectivity index (χ0v) is 16.5. The number of pyridine rings is 1. The van der Waals surface area contributed by atoms with Crippen LogP contribution in [0.5, 0.6) is 11.5 Å². The maximum atomic E-state index is 13.2. The number of hydrogen-bond acceptors (Lipinski definition) is 6. The van der Waals surface area contributed by atoms with E-state index < -0.39 is 17.8 Å². The molecule has 0 bridgehead atoms. The zero-order chi connectivity index (χ0) is 21.1. The zero-order valence-electron chi connectivity index (χ0n) is 16.5. The van der Waals surface area contributed by atoms with Crippen molar-refractivity contribution < 1.29 is 23.9 Å². The van der Waals surface area contributed by atoms with Crippen molar-refractivity contribution in [1.82, 2.24) is 4.98 Å². The van der Waals surface area contributed by atoms with Crippen LogP contribution < -0.4 is 14.8 Å². The minimum Gasteiger partial charge on any atom is -0.425 e. The van der Waals surface area contributed by atoms with Crippen molar-refractivity contribution >= 4 is 34.4 Å². The van der Waals surface area contributed by atoms with E-state index in [0.29, 0.717) is 22.3 Å². The molecule has 7 heteroatoms. The molecule has 1 heterocycles. The SMILES string of the molecule is CC(=O)Oc1c(C)cc(C)c(OC(C)=O)c1C(=O)Nc1cccc2cccnc12. The number of carbonyl (C=O) groups is 3. The Morgan fingerprint density at radius 3 is 2.07 bits per heavy atom. The second kappa shape index (κ2) is 8.10. The van der Waals surface area contributed by atoms with Gasteiger partial charge in [-0.2, -0.15) is 0 Å². The lowest BCUT2D eigenvalue weighted by molar-refractivity contribution is -0.132. The van der Waals surface area contributed by atoms with E-state index in [9.17, 15) is 14.4 Å². The van der Waals surface area contributed by atoms with Gasteiger partial charge in [0.2, 0.25) is 0 Å². The number of anilines is 1. The van der Waals surface area contributed by atoms with Crippen LogP contribution in [0.25, 0.3) is 10.9 Å². The highest BCUT2D eigenvalue weighted by Crippen LogP contribution is 2.36. The number of carbonyl (C=O) groups excluding carboxylic acids is 3. The van der Waals surface area contributed by atoms with Gasteiger partial charge in [0.05, 0.1) is 11.2 Å². The predicted octanol–water partition coefficient (Wildman–Crippen LogP) is 3.95. The molecule has 1 aromatic heterocycles. The van der Waals surface area contributed by atoms with Crippen molar-refractivity contribution in [2.24, 2.45) is 0 Å². The Kier molecular flexibility index (Phi) is 5.59. The summed E-state index contributed by atoms with van der Waals surface area (Å²) in [5.74, 6) is -1.67. The molecule has 148 valence electrons. The average Bonchev–Trinajstić information content (AvgIpc) is 2.65. The first-order valence-corrected chi connectivity index (χ1v) is 8.94. The van der Waals surface area contributed by atoms with Crippen LogP contribution in [-0.2, 0) is 9.59 Å². The Morgan fingerprint density at radius 1 is 0.897 bits per heavy atom. The molecule has 0 aliphatic rings. The fourth-order valence-corrected chi connectivity index (χ4v) is 3.10. The largest absolute Gasteiger partial charge is 0.425 e. The third kappa shape index (κ3) is 4.24. The number of nitrogens with zero attached hydrogens (tertiary/aromatic N) is 1. The molecule has 3 rings (SSSR count). The van der Waals surface area contributed by atoms with E-state index in [1.165, 1.54) is 13.8 Å². The highest BCUT2D eigenvalue weighted by atomic mass is 16.5. The number of benzene rings is 2. The van der Waals surface area contributed by atoms with Crippen molar-refractivity contribution in [3.05, 3.63) is 59.3 Å². The number of nitrogens with one attached hydrogen (secondary N) is 1. The van der Waals surface area contributed by atoms with Gasteiger partial charge in [0.1, 0.15) is 17.1 Å². The first-order chi connectivity index (χ1) is 13.8. The number of aromatic nitrogens is 1. The number of esters is 2. The van der Waals surface area contributed by atoms with Crippen LogP contribution in [0, 0.1) is 13.8 Å². The molecular weight excluding hydrogens is 372 g/mol. The van der Waals surface area contributed by atoms with E-state index in [0.717, 1.165) is 5.39 Å². The second-order valence-electron chi connectivity index (χ2n) is 6.57. The minimum absolute atomic E-state index is 0.0270. The van der Waals surface area contributed by atoms with E-state index in [4.69, 9.17) is 9.47 Å². The lowest BCUT2D eigenvalue weighted by Crippen LogP contribution is -2.19. The quantitative estimate of drug-likeness (QED) is 0.534. The fourth-order valence-electron chi connectivity index (χ4n) is 3.10. The molecule has 1 amide bonds. The van der Waals surface area contributed by atoms with Gasteiger partial charge in [-0.3, -0.25) is 19.4 Å². The number of hydrogen-bond donors (Lipinski definition) is 1. The highest BCUT2D eigenvalue weighted by molar-refractivity contribution is 6.12. The fraction of sp³-hybridized carbons (Fsp3) is 0.182. The first kappa shape index (κ1) is 20.0. The molecule has 0 unspecified atom stereocenters. The lowest BCUT2D eigenvalue weighted by Gasteiger charge is -2.18. The smallest absolute Gasteiger partial charge is 0.308 e. The van der Waals surface area contributed by atoms with Gasteiger partial charge in [0.15, 0.2) is 0 Å². The summed E-state index contributed by atoms with van der Waals surface area (Å²) in [6.45, 7) is 5.89. The summed E-state index contributed by atoms with van der Waals surface area (Å²) in [7, 11) is 0. The molecule has 0 fully saturated rings. The molecule has 2 aromatic carbocycles. The number of para-hydroxylation sites is 1. The lowest BCUT2D eigenvalue weighted by atomic mass is 10.0. The molecule has 0 aliphatic carbocycles. The summed E-state index contributed by atoms with van der Waals surface area (Å²) in [6, 6.07) is 10.8. The molecule has 0 radical (unpaired) electrons. The standard InChI is InChI=1S/C22H20N2O5/c1-12-11-13(2)21(29-15(4)26)18(20(12)28-14(3)25)22(27)24-17-9-5-7-16-8-6-10-23-19(16)17/h5-11H,1-4H3,(H,24,27). The van der Waals surface area contributed by atoms with Crippen molar-refractivity contribution in [3.63, 3.8) is 0 Å². The van der Waals surface area contributed by atoms with Gasteiger partial charge in [0, 0.05) is 25.4 Å². The number of amides is 1. The summed E-state index contributed by atoms with van der Waals surface area (Å²) in [5.41, 5.74) is 2.19. The van der Waals surface area contributed by atoms with E-state index in [1.807, 2.05) is 12.1 Å². The molecule has 0 aliphatic heterocycles. The number of fused-ring (bicyclic) bond motifs is 1. The Morgan fingerprint density at radius 2 is 1.48 bits per heavy atom. The number of ether oxygens (including phenoxy) is 2. The topological polar surface area (TPSA) is 94.6 Å². The minimum atomic E-state index is -0.591. The maximum Gasteiger partial charge on any atom is 0.308 e. The van der Waals surface area contributed by atoms with Gasteiger partial charge in [0.25, 0.3) is 5.91 Å². The van der Waals surface area contributed by atoms with Gasteiger partial charge in [-0.25, -0.2) is 0 Å². The molecular formula is C22H20N2O5. The Bertz CT molecular complexity index is 1090. The van der Waals surface area contributed by atoms with Gasteiger partial charge in [-0.1, -0.05) is 18.2 Å². The monoisotopic (exact) mass is 392 g/mol. The molecule has 0 atom stereocenters. The molecule has 29 heavy (non-hydrogen) atoms. The molecule has 0 saturated carbocycles.